The Kier molecular flexibility index (Phi) is 6.41. The summed E-state index contributed by atoms with van der Waals surface area (Å²) in [5.41, 5.74) is 1.75. The highest BCUT2D eigenvalue weighted by Crippen LogP contribution is 2.38. The van der Waals surface area contributed by atoms with Crippen molar-refractivity contribution in [3.05, 3.63) is 41.2 Å². The van der Waals surface area contributed by atoms with Crippen molar-refractivity contribution in [3.8, 4) is 0 Å². The van der Waals surface area contributed by atoms with E-state index in [2.05, 4.69) is 0 Å². The van der Waals surface area contributed by atoms with Crippen molar-refractivity contribution in [2.75, 3.05) is 13.2 Å². The van der Waals surface area contributed by atoms with E-state index >= 15 is 0 Å². The number of fused-ring (bicyclic) bond motifs is 1. The second-order valence-electron chi connectivity index (χ2n) is 5.51. The average Bonchev–Trinajstić information content (AvgIpc) is 2.56. The standard InChI is InChI=1S/C19H24O5/c1-4-9-14-12-13-10-7-8-11-15(13)17(24-14)16(18(20)22-5-2)19(21)23-6-3/h7-8,10-12,16-17H,4-6,9H2,1-3H3. The number of hydrogen-bond donors (Lipinski definition) is 0. The van der Waals surface area contributed by atoms with Gasteiger partial charge in [-0.1, -0.05) is 31.2 Å². The van der Waals surface area contributed by atoms with Crippen LogP contribution in [0.3, 0.4) is 0 Å². The van der Waals surface area contributed by atoms with E-state index in [1.165, 1.54) is 0 Å². The minimum Gasteiger partial charge on any atom is -0.488 e. The second kappa shape index (κ2) is 8.52. The van der Waals surface area contributed by atoms with Crippen LogP contribution in [-0.4, -0.2) is 25.2 Å². The molecular weight excluding hydrogens is 308 g/mol. The van der Waals surface area contributed by atoms with Gasteiger partial charge in [-0.2, -0.15) is 0 Å². The Morgan fingerprint density at radius 1 is 1.08 bits per heavy atom. The molecule has 2 rings (SSSR count). The van der Waals surface area contributed by atoms with Crippen molar-refractivity contribution in [3.63, 3.8) is 0 Å². The molecule has 1 aromatic rings. The lowest BCUT2D eigenvalue weighted by Crippen LogP contribution is -2.35. The smallest absolute Gasteiger partial charge is 0.324 e. The molecule has 0 radical (unpaired) electrons. The highest BCUT2D eigenvalue weighted by molar-refractivity contribution is 5.96. The molecule has 0 saturated carbocycles. The Bertz CT molecular complexity index is 602. The fourth-order valence-corrected chi connectivity index (χ4v) is 2.77. The van der Waals surface area contributed by atoms with Crippen molar-refractivity contribution < 1.29 is 23.8 Å². The first-order valence-electron chi connectivity index (χ1n) is 8.41. The van der Waals surface area contributed by atoms with Crippen molar-refractivity contribution >= 4 is 18.0 Å². The predicted octanol–water partition coefficient (Wildman–Crippen LogP) is 3.64. The number of allylic oxidation sites excluding steroid dienone is 1. The van der Waals surface area contributed by atoms with Gasteiger partial charge in [0.2, 0.25) is 0 Å². The summed E-state index contributed by atoms with van der Waals surface area (Å²) in [6, 6.07) is 7.60. The van der Waals surface area contributed by atoms with Crippen LogP contribution in [0, 0.1) is 5.92 Å². The van der Waals surface area contributed by atoms with Gasteiger partial charge in [0.25, 0.3) is 0 Å². The third-order valence-corrected chi connectivity index (χ3v) is 3.78. The van der Waals surface area contributed by atoms with Crippen LogP contribution in [0.5, 0.6) is 0 Å². The maximum atomic E-state index is 12.4. The van der Waals surface area contributed by atoms with E-state index in [-0.39, 0.29) is 13.2 Å². The second-order valence-corrected chi connectivity index (χ2v) is 5.51. The molecule has 1 heterocycles. The van der Waals surface area contributed by atoms with E-state index in [0.717, 1.165) is 29.7 Å². The van der Waals surface area contributed by atoms with Crippen molar-refractivity contribution in [1.82, 2.24) is 0 Å². The fraction of sp³-hybridized carbons (Fsp3) is 0.474. The molecule has 0 N–H and O–H groups in total. The molecule has 1 atom stereocenters. The van der Waals surface area contributed by atoms with Crippen LogP contribution in [0.1, 0.15) is 50.8 Å². The monoisotopic (exact) mass is 332 g/mol. The van der Waals surface area contributed by atoms with E-state index < -0.39 is 24.0 Å². The number of ether oxygens (including phenoxy) is 3. The van der Waals surface area contributed by atoms with Gasteiger partial charge in [-0.15, -0.1) is 0 Å². The van der Waals surface area contributed by atoms with Gasteiger partial charge in [0.15, 0.2) is 5.92 Å². The van der Waals surface area contributed by atoms with Gasteiger partial charge in [-0.25, -0.2) is 0 Å². The minimum atomic E-state index is -1.13. The molecule has 1 aliphatic heterocycles. The van der Waals surface area contributed by atoms with Gasteiger partial charge in [0, 0.05) is 12.0 Å². The number of hydrogen-bond acceptors (Lipinski definition) is 5. The molecule has 1 aliphatic rings. The zero-order valence-electron chi connectivity index (χ0n) is 14.4. The van der Waals surface area contributed by atoms with E-state index in [0.29, 0.717) is 0 Å². The summed E-state index contributed by atoms with van der Waals surface area (Å²) in [5, 5.41) is 0. The predicted molar refractivity (Wildman–Crippen MR) is 89.9 cm³/mol. The summed E-state index contributed by atoms with van der Waals surface area (Å²) in [7, 11) is 0. The molecular formula is C19H24O5. The minimum absolute atomic E-state index is 0.195. The Morgan fingerprint density at radius 3 is 2.29 bits per heavy atom. The van der Waals surface area contributed by atoms with Gasteiger partial charge in [0.1, 0.15) is 6.10 Å². The fourth-order valence-electron chi connectivity index (χ4n) is 2.77. The van der Waals surface area contributed by atoms with Gasteiger partial charge >= 0.3 is 11.9 Å². The lowest BCUT2D eigenvalue weighted by molar-refractivity contribution is -0.168. The van der Waals surface area contributed by atoms with Crippen LogP contribution in [0.25, 0.3) is 6.08 Å². The SMILES string of the molecule is CCCC1=Cc2ccccc2C(C(C(=O)OCC)C(=O)OCC)O1. The molecule has 5 nitrogen and oxygen atoms in total. The van der Waals surface area contributed by atoms with Crippen LogP contribution < -0.4 is 0 Å². The first-order chi connectivity index (χ1) is 11.6. The number of benzene rings is 1. The molecule has 0 bridgehead atoms. The molecule has 1 unspecified atom stereocenters. The first-order valence-corrected chi connectivity index (χ1v) is 8.41. The van der Waals surface area contributed by atoms with Crippen molar-refractivity contribution in [2.24, 2.45) is 5.92 Å². The van der Waals surface area contributed by atoms with Crippen LogP contribution in [-0.2, 0) is 23.8 Å². The van der Waals surface area contributed by atoms with E-state index in [1.54, 1.807) is 13.8 Å². The molecule has 0 spiro atoms. The lowest BCUT2D eigenvalue weighted by atomic mass is 9.89. The van der Waals surface area contributed by atoms with Crippen molar-refractivity contribution in [1.29, 1.82) is 0 Å². The number of esters is 2. The first kappa shape index (κ1) is 18.0. The molecule has 0 amide bonds. The van der Waals surface area contributed by atoms with Crippen LogP contribution in [0.2, 0.25) is 0 Å². The molecule has 0 saturated heterocycles. The van der Waals surface area contributed by atoms with E-state index in [4.69, 9.17) is 14.2 Å². The van der Waals surface area contributed by atoms with E-state index in [9.17, 15) is 9.59 Å². The van der Waals surface area contributed by atoms with E-state index in [1.807, 2.05) is 37.3 Å². The zero-order chi connectivity index (χ0) is 17.5. The van der Waals surface area contributed by atoms with Gasteiger partial charge in [-0.05, 0) is 31.9 Å². The third-order valence-electron chi connectivity index (χ3n) is 3.78. The maximum Gasteiger partial charge on any atom is 0.324 e. The van der Waals surface area contributed by atoms with Crippen LogP contribution in [0.4, 0.5) is 0 Å². The van der Waals surface area contributed by atoms with Crippen LogP contribution in [0.15, 0.2) is 30.0 Å². The molecule has 5 heteroatoms. The summed E-state index contributed by atoms with van der Waals surface area (Å²) in [6.45, 7) is 5.85. The van der Waals surface area contributed by atoms with Gasteiger partial charge in [0.05, 0.1) is 19.0 Å². The molecule has 0 fully saturated rings. The number of rotatable bonds is 7. The zero-order valence-corrected chi connectivity index (χ0v) is 14.4. The molecule has 130 valence electrons. The summed E-state index contributed by atoms with van der Waals surface area (Å²) < 4.78 is 16.2. The van der Waals surface area contributed by atoms with Gasteiger partial charge < -0.3 is 14.2 Å². The topological polar surface area (TPSA) is 61.8 Å². The number of carbonyl (C=O) groups excluding carboxylic acids is 2. The Morgan fingerprint density at radius 2 is 1.71 bits per heavy atom. The summed E-state index contributed by atoms with van der Waals surface area (Å²) in [6.07, 6.45) is 2.88. The molecule has 0 aromatic heterocycles. The quantitative estimate of drug-likeness (QED) is 0.563. The molecule has 1 aromatic carbocycles. The largest absolute Gasteiger partial charge is 0.488 e. The molecule has 24 heavy (non-hydrogen) atoms. The Balaban J connectivity index is 2.42. The normalized spacial score (nSPS) is 16.0. The lowest BCUT2D eigenvalue weighted by Gasteiger charge is -2.31. The van der Waals surface area contributed by atoms with Crippen molar-refractivity contribution in [2.45, 2.75) is 39.7 Å². The summed E-state index contributed by atoms with van der Waals surface area (Å²) in [5.74, 6) is -1.60. The van der Waals surface area contributed by atoms with Crippen LogP contribution >= 0.6 is 0 Å². The highest BCUT2D eigenvalue weighted by Gasteiger charge is 2.42. The number of carbonyl (C=O) groups is 2. The Hall–Kier alpha value is -2.30. The van der Waals surface area contributed by atoms with Gasteiger partial charge in [-0.3, -0.25) is 9.59 Å². The average molecular weight is 332 g/mol. The maximum absolute atomic E-state index is 12.4. The third kappa shape index (κ3) is 3.96. The summed E-state index contributed by atoms with van der Waals surface area (Å²) in [4.78, 5) is 24.8. The Labute approximate surface area is 142 Å². The summed E-state index contributed by atoms with van der Waals surface area (Å²) >= 11 is 0. The highest BCUT2D eigenvalue weighted by atomic mass is 16.6. The molecule has 0 aliphatic carbocycles.